The summed E-state index contributed by atoms with van der Waals surface area (Å²) < 4.78 is 0. The number of benzene rings is 2. The fourth-order valence-electron chi connectivity index (χ4n) is 3.23. The van der Waals surface area contributed by atoms with Crippen LogP contribution in [0.15, 0.2) is 79.0 Å². The Bertz CT molecular complexity index is 675. The fourth-order valence-corrected chi connectivity index (χ4v) is 3.23. The Balaban J connectivity index is 2.28. The highest BCUT2D eigenvalue weighted by Crippen LogP contribution is 2.40. The second-order valence-corrected chi connectivity index (χ2v) is 5.71. The van der Waals surface area contributed by atoms with Crippen molar-refractivity contribution in [2.75, 3.05) is 0 Å². The summed E-state index contributed by atoms with van der Waals surface area (Å²) in [5.74, 6) is 0. The minimum Gasteiger partial charge on any atom is -0.260 e. The van der Waals surface area contributed by atoms with E-state index in [4.69, 9.17) is 4.98 Å². The molecule has 0 aliphatic heterocycles. The van der Waals surface area contributed by atoms with Gasteiger partial charge < -0.3 is 0 Å². The molecule has 2 aromatic carbocycles. The molecule has 0 aliphatic rings. The molecule has 1 unspecified atom stereocenters. The quantitative estimate of drug-likeness (QED) is 0.648. The summed E-state index contributed by atoms with van der Waals surface area (Å²) in [4.78, 5) is 4.70. The number of nitrogens with zero attached hydrogens (tertiary/aromatic N) is 1. The molecule has 0 spiro atoms. The van der Waals surface area contributed by atoms with Crippen LogP contribution >= 0.6 is 0 Å². The second-order valence-electron chi connectivity index (χ2n) is 5.71. The Morgan fingerprint density at radius 2 is 1.41 bits per heavy atom. The van der Waals surface area contributed by atoms with E-state index in [-0.39, 0.29) is 5.41 Å². The third-order valence-corrected chi connectivity index (χ3v) is 4.44. The molecule has 1 aromatic heterocycles. The molecule has 0 amide bonds. The largest absolute Gasteiger partial charge is 0.260 e. The summed E-state index contributed by atoms with van der Waals surface area (Å²) in [6.45, 7) is 4.36. The molecule has 0 saturated heterocycles. The van der Waals surface area contributed by atoms with E-state index in [0.717, 1.165) is 12.1 Å². The molecule has 1 heteroatoms. The first kappa shape index (κ1) is 14.5. The van der Waals surface area contributed by atoms with Gasteiger partial charge in [0, 0.05) is 6.20 Å². The maximum atomic E-state index is 4.70. The smallest absolute Gasteiger partial charge is 0.0621 e. The maximum absolute atomic E-state index is 4.70. The minimum atomic E-state index is -0.198. The lowest BCUT2D eigenvalue weighted by atomic mass is 9.70. The first-order valence-electron chi connectivity index (χ1n) is 7.81. The normalized spacial score (nSPS) is 13.5. The molecule has 1 atom stereocenters. The molecule has 0 radical (unpaired) electrons. The molecule has 0 aliphatic carbocycles. The van der Waals surface area contributed by atoms with Crippen molar-refractivity contribution in [1.29, 1.82) is 0 Å². The summed E-state index contributed by atoms with van der Waals surface area (Å²) in [6, 6.07) is 25.7. The van der Waals surface area contributed by atoms with E-state index >= 15 is 0 Å². The molecular weight excluding hydrogens is 266 g/mol. The van der Waals surface area contributed by atoms with E-state index in [0.29, 0.717) is 0 Å². The summed E-state index contributed by atoms with van der Waals surface area (Å²) in [7, 11) is 0. The predicted molar refractivity (Wildman–Crippen MR) is 92.0 cm³/mol. The molecule has 1 heterocycles. The zero-order valence-electron chi connectivity index (χ0n) is 13.2. The van der Waals surface area contributed by atoms with Gasteiger partial charge in [-0.05, 0) is 36.6 Å². The van der Waals surface area contributed by atoms with Crippen molar-refractivity contribution in [3.05, 3.63) is 101 Å². The highest BCUT2D eigenvalue weighted by Gasteiger charge is 2.35. The number of hydrogen-bond acceptors (Lipinski definition) is 1. The summed E-state index contributed by atoms with van der Waals surface area (Å²) >= 11 is 0. The molecule has 1 nitrogen and oxygen atoms in total. The van der Waals surface area contributed by atoms with E-state index in [9.17, 15) is 0 Å². The van der Waals surface area contributed by atoms with E-state index < -0.39 is 0 Å². The van der Waals surface area contributed by atoms with Crippen LogP contribution in [0.1, 0.15) is 35.7 Å². The van der Waals surface area contributed by atoms with Crippen molar-refractivity contribution < 1.29 is 0 Å². The lowest BCUT2D eigenvalue weighted by Gasteiger charge is -2.34. The van der Waals surface area contributed by atoms with Gasteiger partial charge in [-0.25, -0.2) is 0 Å². The third kappa shape index (κ3) is 2.43. The zero-order chi connectivity index (χ0) is 15.4. The SMILES string of the molecule is CCC(c1ccccc1)(c1ccc(C)cc1)c1ccccn1. The first-order chi connectivity index (χ1) is 10.8. The molecular formula is C21H21N. The maximum Gasteiger partial charge on any atom is 0.0621 e. The molecule has 22 heavy (non-hydrogen) atoms. The van der Waals surface area contributed by atoms with Crippen LogP contribution in [0.25, 0.3) is 0 Å². The lowest BCUT2D eigenvalue weighted by molar-refractivity contribution is 0.575. The molecule has 0 bridgehead atoms. The number of pyridine rings is 1. The van der Waals surface area contributed by atoms with E-state index in [1.54, 1.807) is 0 Å². The van der Waals surface area contributed by atoms with Crippen LogP contribution < -0.4 is 0 Å². The van der Waals surface area contributed by atoms with Crippen molar-refractivity contribution in [2.24, 2.45) is 0 Å². The Labute approximate surface area is 132 Å². The fraction of sp³-hybridized carbons (Fsp3) is 0.190. The van der Waals surface area contributed by atoms with Crippen LogP contribution in [0.3, 0.4) is 0 Å². The number of rotatable bonds is 4. The Morgan fingerprint density at radius 3 is 2.00 bits per heavy atom. The van der Waals surface area contributed by atoms with Crippen LogP contribution in [0.4, 0.5) is 0 Å². The van der Waals surface area contributed by atoms with Gasteiger partial charge in [-0.2, -0.15) is 0 Å². The second kappa shape index (κ2) is 6.15. The highest BCUT2D eigenvalue weighted by molar-refractivity contribution is 5.48. The van der Waals surface area contributed by atoms with Crippen LogP contribution in [0.5, 0.6) is 0 Å². The van der Waals surface area contributed by atoms with Crippen LogP contribution in [0, 0.1) is 6.92 Å². The first-order valence-corrected chi connectivity index (χ1v) is 7.81. The van der Waals surface area contributed by atoms with Gasteiger partial charge in [0.2, 0.25) is 0 Å². The van der Waals surface area contributed by atoms with Gasteiger partial charge in [0.05, 0.1) is 11.1 Å². The number of aryl methyl sites for hydroxylation is 1. The van der Waals surface area contributed by atoms with Gasteiger partial charge in [0.25, 0.3) is 0 Å². The molecule has 0 N–H and O–H groups in total. The van der Waals surface area contributed by atoms with Crippen molar-refractivity contribution >= 4 is 0 Å². The van der Waals surface area contributed by atoms with Gasteiger partial charge >= 0.3 is 0 Å². The minimum absolute atomic E-state index is 0.198. The van der Waals surface area contributed by atoms with Crippen LogP contribution in [0.2, 0.25) is 0 Å². The van der Waals surface area contributed by atoms with E-state index in [1.165, 1.54) is 16.7 Å². The molecule has 0 saturated carbocycles. The molecule has 3 rings (SSSR count). The summed E-state index contributed by atoms with van der Waals surface area (Å²) in [6.07, 6.45) is 2.86. The monoisotopic (exact) mass is 287 g/mol. The standard InChI is InChI=1S/C21H21N/c1-3-21(18-9-5-4-6-10-18,20-11-7-8-16-22-20)19-14-12-17(2)13-15-19/h4-16H,3H2,1-2H3. The van der Waals surface area contributed by atoms with E-state index in [2.05, 4.69) is 80.6 Å². The van der Waals surface area contributed by atoms with Gasteiger partial charge in [0.1, 0.15) is 0 Å². The summed E-state index contributed by atoms with van der Waals surface area (Å²) in [5.41, 5.74) is 4.77. The topological polar surface area (TPSA) is 12.9 Å². The van der Waals surface area contributed by atoms with Crippen LogP contribution in [-0.4, -0.2) is 4.98 Å². The lowest BCUT2D eigenvalue weighted by Crippen LogP contribution is -2.29. The Morgan fingerprint density at radius 1 is 0.773 bits per heavy atom. The molecule has 3 aromatic rings. The molecule has 0 fully saturated rings. The van der Waals surface area contributed by atoms with Gasteiger partial charge in [-0.1, -0.05) is 73.2 Å². The third-order valence-electron chi connectivity index (χ3n) is 4.44. The van der Waals surface area contributed by atoms with E-state index in [1.807, 2.05) is 12.3 Å². The summed E-state index contributed by atoms with van der Waals surface area (Å²) in [5, 5.41) is 0. The van der Waals surface area contributed by atoms with Crippen molar-refractivity contribution in [1.82, 2.24) is 4.98 Å². The molecule has 110 valence electrons. The zero-order valence-corrected chi connectivity index (χ0v) is 13.2. The Kier molecular flexibility index (Phi) is 4.06. The predicted octanol–water partition coefficient (Wildman–Crippen LogP) is 5.13. The van der Waals surface area contributed by atoms with Crippen molar-refractivity contribution in [3.8, 4) is 0 Å². The van der Waals surface area contributed by atoms with Gasteiger partial charge in [0.15, 0.2) is 0 Å². The van der Waals surface area contributed by atoms with Crippen molar-refractivity contribution in [2.45, 2.75) is 25.7 Å². The number of hydrogen-bond donors (Lipinski definition) is 0. The van der Waals surface area contributed by atoms with Crippen LogP contribution in [-0.2, 0) is 5.41 Å². The average molecular weight is 287 g/mol. The van der Waals surface area contributed by atoms with Gasteiger partial charge in [-0.3, -0.25) is 4.98 Å². The van der Waals surface area contributed by atoms with Crippen molar-refractivity contribution in [3.63, 3.8) is 0 Å². The number of aromatic nitrogens is 1. The highest BCUT2D eigenvalue weighted by atomic mass is 14.7. The Hall–Kier alpha value is -2.41. The van der Waals surface area contributed by atoms with Gasteiger partial charge in [-0.15, -0.1) is 0 Å². The average Bonchev–Trinajstić information content (AvgIpc) is 2.59.